The highest BCUT2D eigenvalue weighted by Gasteiger charge is 2.15. The monoisotopic (exact) mass is 320 g/mol. The Balaban J connectivity index is 1.59. The number of aromatic nitrogens is 2. The first-order valence-corrected chi connectivity index (χ1v) is 8.52. The largest absolute Gasteiger partial charge is 0.353 e. The fourth-order valence-electron chi connectivity index (χ4n) is 3.48. The molecule has 0 radical (unpaired) electrons. The van der Waals surface area contributed by atoms with E-state index in [0.29, 0.717) is 11.6 Å². The second-order valence-corrected chi connectivity index (χ2v) is 6.37. The topological polar surface area (TPSA) is 70.1 Å². The molecule has 2 N–H and O–H groups in total. The van der Waals surface area contributed by atoms with Gasteiger partial charge in [0.05, 0.1) is 5.52 Å². The fourth-order valence-corrected chi connectivity index (χ4v) is 3.48. The Kier molecular flexibility index (Phi) is 3.99. The lowest BCUT2D eigenvalue weighted by molar-refractivity contribution is 0.0951. The Hall–Kier alpha value is -2.69. The molecule has 122 valence electrons. The molecule has 2 heterocycles. The number of aromatic amines is 1. The number of nitrogens with one attached hydrogen (secondary N) is 2. The number of hydrazone groups is 1. The van der Waals surface area contributed by atoms with Crippen LogP contribution in [0.1, 0.15) is 42.6 Å². The van der Waals surface area contributed by atoms with Gasteiger partial charge in [-0.05, 0) is 30.9 Å². The van der Waals surface area contributed by atoms with Crippen LogP contribution in [0, 0.1) is 5.92 Å². The molecule has 0 spiro atoms. The van der Waals surface area contributed by atoms with Gasteiger partial charge in [0.25, 0.3) is 5.91 Å². The molecule has 3 aromatic rings. The summed E-state index contributed by atoms with van der Waals surface area (Å²) in [5, 5.41) is 6.25. The maximum atomic E-state index is 12.5. The number of rotatable bonds is 3. The van der Waals surface area contributed by atoms with E-state index in [1.807, 2.05) is 36.5 Å². The van der Waals surface area contributed by atoms with Crippen molar-refractivity contribution in [3.63, 3.8) is 0 Å². The normalized spacial score (nSPS) is 16.2. The average molecular weight is 320 g/mol. The molecule has 1 saturated carbocycles. The first kappa shape index (κ1) is 14.9. The zero-order valence-electron chi connectivity index (χ0n) is 13.5. The predicted molar refractivity (Wildman–Crippen MR) is 96.1 cm³/mol. The van der Waals surface area contributed by atoms with Crippen LogP contribution in [0.15, 0.2) is 41.6 Å². The van der Waals surface area contributed by atoms with Crippen LogP contribution < -0.4 is 5.43 Å². The summed E-state index contributed by atoms with van der Waals surface area (Å²) >= 11 is 0. The highest BCUT2D eigenvalue weighted by molar-refractivity contribution is 6.13. The Morgan fingerprint density at radius 3 is 2.88 bits per heavy atom. The summed E-state index contributed by atoms with van der Waals surface area (Å²) in [6, 6.07) is 9.93. The van der Waals surface area contributed by atoms with Crippen molar-refractivity contribution < 1.29 is 4.79 Å². The van der Waals surface area contributed by atoms with Crippen molar-refractivity contribution >= 4 is 33.9 Å². The summed E-state index contributed by atoms with van der Waals surface area (Å²) in [5.74, 6) is 0.204. The van der Waals surface area contributed by atoms with Crippen LogP contribution in [0.3, 0.4) is 0 Å². The summed E-state index contributed by atoms with van der Waals surface area (Å²) in [6.07, 6.45) is 9.68. The van der Waals surface area contributed by atoms with Gasteiger partial charge in [-0.15, -0.1) is 0 Å². The maximum Gasteiger partial charge on any atom is 0.292 e. The zero-order chi connectivity index (χ0) is 16.4. The lowest BCUT2D eigenvalue weighted by Crippen LogP contribution is -2.20. The SMILES string of the molecule is O=C(NN=CC1CCCCC1)c1nccc2c1[nH]c1ccccc12. The van der Waals surface area contributed by atoms with Crippen LogP contribution in [0.2, 0.25) is 0 Å². The number of H-pyrrole nitrogens is 1. The molecule has 1 amide bonds. The second-order valence-electron chi connectivity index (χ2n) is 6.37. The molecule has 0 atom stereocenters. The molecule has 1 aliphatic carbocycles. The van der Waals surface area contributed by atoms with Gasteiger partial charge in [-0.2, -0.15) is 5.10 Å². The van der Waals surface area contributed by atoms with E-state index in [4.69, 9.17) is 0 Å². The molecule has 0 aliphatic heterocycles. The molecule has 1 fully saturated rings. The third-order valence-electron chi connectivity index (χ3n) is 4.74. The summed E-state index contributed by atoms with van der Waals surface area (Å²) < 4.78 is 0. The van der Waals surface area contributed by atoms with E-state index in [2.05, 4.69) is 20.5 Å². The molecule has 0 bridgehead atoms. The predicted octanol–water partition coefficient (Wildman–Crippen LogP) is 4.01. The number of nitrogens with zero attached hydrogens (tertiary/aromatic N) is 2. The van der Waals surface area contributed by atoms with Gasteiger partial charge in [0, 0.05) is 28.7 Å². The first-order chi connectivity index (χ1) is 11.8. The Bertz CT molecular complexity index is 906. The number of fused-ring (bicyclic) bond motifs is 3. The third kappa shape index (κ3) is 2.77. The van der Waals surface area contributed by atoms with Gasteiger partial charge in [-0.25, -0.2) is 10.4 Å². The molecule has 2 aromatic heterocycles. The quantitative estimate of drug-likeness (QED) is 0.565. The molecule has 0 unspecified atom stereocenters. The van der Waals surface area contributed by atoms with E-state index in [9.17, 15) is 4.79 Å². The molecule has 1 aromatic carbocycles. The minimum atomic E-state index is -0.279. The lowest BCUT2D eigenvalue weighted by atomic mass is 9.90. The number of benzene rings is 1. The van der Waals surface area contributed by atoms with Gasteiger partial charge in [0.15, 0.2) is 5.69 Å². The molecular formula is C19H20N4O. The fraction of sp³-hybridized carbons (Fsp3) is 0.316. The van der Waals surface area contributed by atoms with Crippen molar-refractivity contribution in [1.82, 2.24) is 15.4 Å². The second kappa shape index (κ2) is 6.43. The van der Waals surface area contributed by atoms with E-state index in [1.165, 1.54) is 19.3 Å². The molecular weight excluding hydrogens is 300 g/mol. The number of pyridine rings is 1. The Morgan fingerprint density at radius 2 is 2.00 bits per heavy atom. The van der Waals surface area contributed by atoms with E-state index in [0.717, 1.165) is 34.6 Å². The van der Waals surface area contributed by atoms with Crippen LogP contribution >= 0.6 is 0 Å². The van der Waals surface area contributed by atoms with Crippen molar-refractivity contribution in [3.05, 3.63) is 42.2 Å². The minimum Gasteiger partial charge on any atom is -0.353 e. The molecule has 5 heteroatoms. The molecule has 24 heavy (non-hydrogen) atoms. The highest BCUT2D eigenvalue weighted by atomic mass is 16.2. The first-order valence-electron chi connectivity index (χ1n) is 8.52. The lowest BCUT2D eigenvalue weighted by Gasteiger charge is -2.16. The Morgan fingerprint density at radius 1 is 1.17 bits per heavy atom. The van der Waals surface area contributed by atoms with Crippen molar-refractivity contribution in [2.45, 2.75) is 32.1 Å². The van der Waals surface area contributed by atoms with Crippen LogP contribution in [-0.2, 0) is 0 Å². The summed E-state index contributed by atoms with van der Waals surface area (Å²) in [5.41, 5.74) is 4.76. The van der Waals surface area contributed by atoms with Gasteiger partial charge in [-0.1, -0.05) is 37.5 Å². The third-order valence-corrected chi connectivity index (χ3v) is 4.74. The van der Waals surface area contributed by atoms with Gasteiger partial charge in [0.2, 0.25) is 0 Å². The molecule has 1 aliphatic rings. The molecule has 5 nitrogen and oxygen atoms in total. The number of carbonyl (C=O) groups is 1. The van der Waals surface area contributed by atoms with E-state index < -0.39 is 0 Å². The van der Waals surface area contributed by atoms with E-state index >= 15 is 0 Å². The van der Waals surface area contributed by atoms with Crippen LogP contribution in [0.25, 0.3) is 21.8 Å². The van der Waals surface area contributed by atoms with Gasteiger partial charge < -0.3 is 4.98 Å². The number of carbonyl (C=O) groups excluding carboxylic acids is 1. The van der Waals surface area contributed by atoms with E-state index in [1.54, 1.807) is 6.20 Å². The standard InChI is InChI=1S/C19H20N4O/c24-19(23-21-12-13-6-2-1-3-7-13)18-17-15(10-11-20-18)14-8-4-5-9-16(14)22-17/h4-5,8-13,22H,1-3,6-7H2,(H,23,24). The summed E-state index contributed by atoms with van der Waals surface area (Å²) in [7, 11) is 0. The van der Waals surface area contributed by atoms with Gasteiger partial charge in [-0.3, -0.25) is 4.79 Å². The van der Waals surface area contributed by atoms with Crippen LogP contribution in [0.5, 0.6) is 0 Å². The van der Waals surface area contributed by atoms with Crippen molar-refractivity contribution in [2.24, 2.45) is 11.0 Å². The van der Waals surface area contributed by atoms with Gasteiger partial charge >= 0.3 is 0 Å². The zero-order valence-corrected chi connectivity index (χ0v) is 13.5. The Labute approximate surface area is 140 Å². The number of para-hydroxylation sites is 1. The van der Waals surface area contributed by atoms with Crippen molar-refractivity contribution in [1.29, 1.82) is 0 Å². The number of amides is 1. The maximum absolute atomic E-state index is 12.5. The van der Waals surface area contributed by atoms with E-state index in [-0.39, 0.29) is 5.91 Å². The summed E-state index contributed by atoms with van der Waals surface area (Å²) in [6.45, 7) is 0. The van der Waals surface area contributed by atoms with Crippen LogP contribution in [-0.4, -0.2) is 22.1 Å². The smallest absolute Gasteiger partial charge is 0.292 e. The molecule has 4 rings (SSSR count). The highest BCUT2D eigenvalue weighted by Crippen LogP contribution is 2.26. The minimum absolute atomic E-state index is 0.279. The van der Waals surface area contributed by atoms with Crippen molar-refractivity contribution in [3.8, 4) is 0 Å². The average Bonchev–Trinajstić information content (AvgIpc) is 3.01. The number of hydrogen-bond donors (Lipinski definition) is 2. The van der Waals surface area contributed by atoms with Gasteiger partial charge in [0.1, 0.15) is 0 Å². The van der Waals surface area contributed by atoms with Crippen molar-refractivity contribution in [2.75, 3.05) is 0 Å². The molecule has 0 saturated heterocycles. The number of hydrogen-bond acceptors (Lipinski definition) is 3. The van der Waals surface area contributed by atoms with Crippen LogP contribution in [0.4, 0.5) is 0 Å². The summed E-state index contributed by atoms with van der Waals surface area (Å²) in [4.78, 5) is 20.0.